The molecule has 2 N–H and O–H groups in total. The zero-order chi connectivity index (χ0) is 18.9. The quantitative estimate of drug-likeness (QED) is 0.592. The molecule has 3 aromatic heterocycles. The van der Waals surface area contributed by atoms with Crippen molar-refractivity contribution in [3.63, 3.8) is 0 Å². The van der Waals surface area contributed by atoms with Gasteiger partial charge in [0.15, 0.2) is 5.65 Å². The molecule has 7 heteroatoms. The maximum atomic E-state index is 6.30. The van der Waals surface area contributed by atoms with Gasteiger partial charge in [0.25, 0.3) is 0 Å². The molecule has 3 rings (SSSR count). The minimum Gasteiger partial charge on any atom is -0.383 e. The summed E-state index contributed by atoms with van der Waals surface area (Å²) in [6, 6.07) is 0. The van der Waals surface area contributed by atoms with Crippen LogP contribution < -0.4 is 5.73 Å². The predicted molar refractivity (Wildman–Crippen MR) is 109 cm³/mol. The number of anilines is 1. The highest BCUT2D eigenvalue weighted by Crippen LogP contribution is 2.30. The first kappa shape index (κ1) is 18.9. The largest absolute Gasteiger partial charge is 0.383 e. The summed E-state index contributed by atoms with van der Waals surface area (Å²) in [6.45, 7) is 6.87. The number of fused-ring (bicyclic) bond motifs is 1. The van der Waals surface area contributed by atoms with Gasteiger partial charge in [-0.1, -0.05) is 33.6 Å². The molecule has 0 saturated carbocycles. The topological polar surface area (TPSA) is 74.0 Å². The number of nitrogen functional groups attached to an aromatic ring is 1. The van der Waals surface area contributed by atoms with Crippen LogP contribution in [0.4, 0.5) is 5.82 Å². The number of hydrogen-bond donors (Lipinski definition) is 1. The Morgan fingerprint density at radius 2 is 1.88 bits per heavy atom. The van der Waals surface area contributed by atoms with E-state index in [-0.39, 0.29) is 0 Å². The van der Waals surface area contributed by atoms with Crippen LogP contribution in [0.1, 0.15) is 52.1 Å². The van der Waals surface area contributed by atoms with Gasteiger partial charge in [0.1, 0.15) is 5.82 Å². The van der Waals surface area contributed by atoms with Crippen LogP contribution in [0, 0.1) is 5.41 Å². The Balaban J connectivity index is 1.81. The minimum atomic E-state index is 0.401. The van der Waals surface area contributed by atoms with Crippen LogP contribution in [0.5, 0.6) is 0 Å². The van der Waals surface area contributed by atoms with Gasteiger partial charge >= 0.3 is 0 Å². The van der Waals surface area contributed by atoms with Crippen molar-refractivity contribution in [2.75, 3.05) is 5.73 Å². The van der Waals surface area contributed by atoms with Gasteiger partial charge in [-0.25, -0.2) is 4.98 Å². The van der Waals surface area contributed by atoms with Crippen molar-refractivity contribution in [1.29, 1.82) is 0 Å². The summed E-state index contributed by atoms with van der Waals surface area (Å²) in [5.74, 6) is 0.592. The Kier molecular flexibility index (Phi) is 5.37. The average Bonchev–Trinajstić information content (AvgIpc) is 3.16. The highest BCUT2D eigenvalue weighted by molar-refractivity contribution is 9.10. The molecule has 26 heavy (non-hydrogen) atoms. The maximum Gasteiger partial charge on any atom is 0.165 e. The van der Waals surface area contributed by atoms with E-state index in [1.54, 1.807) is 15.4 Å². The van der Waals surface area contributed by atoms with E-state index in [0.717, 1.165) is 39.8 Å². The monoisotopic (exact) mass is 418 g/mol. The summed E-state index contributed by atoms with van der Waals surface area (Å²) in [5, 5.41) is 8.65. The lowest BCUT2D eigenvalue weighted by molar-refractivity contribution is 0.358. The van der Waals surface area contributed by atoms with Crippen molar-refractivity contribution in [1.82, 2.24) is 24.4 Å². The van der Waals surface area contributed by atoms with Crippen LogP contribution in [0.25, 0.3) is 16.8 Å². The van der Waals surface area contributed by atoms with Gasteiger partial charge in [0.2, 0.25) is 0 Å². The molecule has 0 saturated heterocycles. The Morgan fingerprint density at radius 1 is 1.12 bits per heavy atom. The van der Waals surface area contributed by atoms with Gasteiger partial charge < -0.3 is 5.73 Å². The molecule has 0 fully saturated rings. The normalized spacial score (nSPS) is 12.2. The maximum absolute atomic E-state index is 6.30. The molecule has 0 spiro atoms. The van der Waals surface area contributed by atoms with Crippen LogP contribution in [-0.4, -0.2) is 24.4 Å². The van der Waals surface area contributed by atoms with Gasteiger partial charge in [-0.3, -0.25) is 4.68 Å². The molecule has 0 bridgehead atoms. The Morgan fingerprint density at radius 3 is 2.54 bits per heavy atom. The third kappa shape index (κ3) is 4.09. The molecule has 0 atom stereocenters. The Hall–Kier alpha value is -1.89. The molecule has 0 radical (unpaired) electrons. The van der Waals surface area contributed by atoms with Crippen molar-refractivity contribution in [2.45, 2.75) is 52.9 Å². The standard InChI is InChI=1S/C19H27BrN6/c1-19(2,3)9-7-5-6-8-15-16(20)17(21)26-18(24-15)14(11-23-26)13-10-22-25(4)12-13/h10-12H,5-9,21H2,1-4H3. The second-order valence-corrected chi connectivity index (χ2v) is 8.87. The fourth-order valence-electron chi connectivity index (χ4n) is 3.10. The first-order valence-electron chi connectivity index (χ1n) is 9.07. The van der Waals surface area contributed by atoms with Crippen molar-refractivity contribution in [3.05, 3.63) is 28.8 Å². The molecule has 0 aliphatic rings. The summed E-state index contributed by atoms with van der Waals surface area (Å²) in [7, 11) is 1.90. The first-order valence-corrected chi connectivity index (χ1v) is 9.86. The molecule has 0 unspecified atom stereocenters. The number of nitrogens with zero attached hydrogens (tertiary/aromatic N) is 5. The van der Waals surface area contributed by atoms with Gasteiger partial charge in [-0.15, -0.1) is 0 Å². The summed E-state index contributed by atoms with van der Waals surface area (Å²) >= 11 is 3.61. The fourth-order valence-corrected chi connectivity index (χ4v) is 3.55. The van der Waals surface area contributed by atoms with Crippen molar-refractivity contribution >= 4 is 27.4 Å². The van der Waals surface area contributed by atoms with E-state index in [9.17, 15) is 0 Å². The second-order valence-electron chi connectivity index (χ2n) is 8.08. The summed E-state index contributed by atoms with van der Waals surface area (Å²) in [5.41, 5.74) is 10.4. The van der Waals surface area contributed by atoms with Crippen LogP contribution in [-0.2, 0) is 13.5 Å². The molecule has 6 nitrogen and oxygen atoms in total. The number of nitrogens with two attached hydrogens (primary N) is 1. The number of rotatable bonds is 6. The van der Waals surface area contributed by atoms with Crippen LogP contribution in [0.3, 0.4) is 0 Å². The van der Waals surface area contributed by atoms with E-state index in [4.69, 9.17) is 10.7 Å². The number of hydrogen-bond acceptors (Lipinski definition) is 4. The van der Waals surface area contributed by atoms with Crippen LogP contribution in [0.2, 0.25) is 0 Å². The summed E-state index contributed by atoms with van der Waals surface area (Å²) in [4.78, 5) is 4.86. The lowest BCUT2D eigenvalue weighted by Crippen LogP contribution is -2.06. The fraction of sp³-hybridized carbons (Fsp3) is 0.526. The Labute approximate surface area is 162 Å². The van der Waals surface area contributed by atoms with E-state index >= 15 is 0 Å². The van der Waals surface area contributed by atoms with Gasteiger partial charge in [-0.05, 0) is 40.6 Å². The highest BCUT2D eigenvalue weighted by atomic mass is 79.9. The molecule has 3 aromatic rings. The number of unbranched alkanes of at least 4 members (excludes halogenated alkanes) is 2. The van der Waals surface area contributed by atoms with E-state index in [2.05, 4.69) is 46.9 Å². The zero-order valence-electron chi connectivity index (χ0n) is 16.0. The van der Waals surface area contributed by atoms with Gasteiger partial charge in [0.05, 0.1) is 22.6 Å². The zero-order valence-corrected chi connectivity index (χ0v) is 17.5. The molecule has 0 amide bonds. The molecule has 0 aliphatic heterocycles. The lowest BCUT2D eigenvalue weighted by atomic mass is 9.89. The van der Waals surface area contributed by atoms with E-state index in [1.165, 1.54) is 19.3 Å². The van der Waals surface area contributed by atoms with Crippen molar-refractivity contribution < 1.29 is 0 Å². The number of halogens is 1. The predicted octanol–water partition coefficient (Wildman–Crippen LogP) is 4.62. The molecular formula is C19H27BrN6. The van der Waals surface area contributed by atoms with E-state index in [1.807, 2.05) is 19.4 Å². The minimum absolute atomic E-state index is 0.401. The third-order valence-electron chi connectivity index (χ3n) is 4.55. The van der Waals surface area contributed by atoms with Crippen molar-refractivity contribution in [2.24, 2.45) is 12.5 Å². The smallest absolute Gasteiger partial charge is 0.165 e. The van der Waals surface area contributed by atoms with Gasteiger partial charge in [0, 0.05) is 24.4 Å². The molecule has 0 aromatic carbocycles. The van der Waals surface area contributed by atoms with E-state index in [0.29, 0.717) is 11.2 Å². The summed E-state index contributed by atoms with van der Waals surface area (Å²) in [6.07, 6.45) is 11.3. The highest BCUT2D eigenvalue weighted by Gasteiger charge is 2.17. The van der Waals surface area contributed by atoms with Crippen LogP contribution >= 0.6 is 15.9 Å². The Bertz CT molecular complexity index is 903. The molecule has 140 valence electrons. The summed E-state index contributed by atoms with van der Waals surface area (Å²) < 4.78 is 4.31. The number of aryl methyl sites for hydroxylation is 2. The molecule has 3 heterocycles. The second kappa shape index (κ2) is 7.39. The van der Waals surface area contributed by atoms with Crippen LogP contribution in [0.15, 0.2) is 23.1 Å². The first-order chi connectivity index (χ1) is 12.3. The SMILES string of the molecule is Cn1cc(-c2cnn3c(N)c(Br)c(CCCCCC(C)(C)C)nc23)cn1. The number of aromatic nitrogens is 5. The van der Waals surface area contributed by atoms with Crippen molar-refractivity contribution in [3.8, 4) is 11.1 Å². The molecular weight excluding hydrogens is 392 g/mol. The lowest BCUT2D eigenvalue weighted by Gasteiger charge is -2.17. The average molecular weight is 419 g/mol. The van der Waals surface area contributed by atoms with E-state index < -0.39 is 0 Å². The molecule has 0 aliphatic carbocycles. The third-order valence-corrected chi connectivity index (χ3v) is 5.41. The van der Waals surface area contributed by atoms with Gasteiger partial charge in [-0.2, -0.15) is 14.7 Å².